The molecular weight excluding hydrogens is 279 g/mol. The quantitative estimate of drug-likeness (QED) is 0.917. The molecule has 7 heteroatoms. The SMILES string of the molecule is Cn1nc(C(=O)O)cc1-c1ccc2c(c1F)OCCCO2. The highest BCUT2D eigenvalue weighted by Gasteiger charge is 2.22. The second-order valence-electron chi connectivity index (χ2n) is 4.65. The van der Waals surface area contributed by atoms with Crippen LogP contribution in [0, 0.1) is 5.82 Å². The van der Waals surface area contributed by atoms with Crippen LogP contribution in [0.3, 0.4) is 0 Å². The molecule has 0 atom stereocenters. The average molecular weight is 292 g/mol. The first-order valence-corrected chi connectivity index (χ1v) is 6.43. The molecule has 0 aliphatic carbocycles. The number of hydrogen-bond donors (Lipinski definition) is 1. The molecule has 0 unspecified atom stereocenters. The number of ether oxygens (including phenoxy) is 2. The number of carboxylic acid groups (broad SMARTS) is 1. The Morgan fingerprint density at radius 3 is 2.86 bits per heavy atom. The monoisotopic (exact) mass is 292 g/mol. The van der Waals surface area contributed by atoms with Crippen LogP contribution in [0.5, 0.6) is 11.5 Å². The van der Waals surface area contributed by atoms with Crippen LogP contribution < -0.4 is 9.47 Å². The number of rotatable bonds is 2. The predicted molar refractivity (Wildman–Crippen MR) is 71.2 cm³/mol. The van der Waals surface area contributed by atoms with E-state index in [9.17, 15) is 9.18 Å². The van der Waals surface area contributed by atoms with Crippen LogP contribution in [0.1, 0.15) is 16.9 Å². The van der Waals surface area contributed by atoms with E-state index in [0.29, 0.717) is 31.1 Å². The summed E-state index contributed by atoms with van der Waals surface area (Å²) in [6, 6.07) is 4.47. The highest BCUT2D eigenvalue weighted by molar-refractivity contribution is 5.87. The zero-order valence-electron chi connectivity index (χ0n) is 11.3. The summed E-state index contributed by atoms with van der Waals surface area (Å²) in [7, 11) is 1.56. The number of hydrogen-bond acceptors (Lipinski definition) is 4. The number of halogens is 1. The lowest BCUT2D eigenvalue weighted by Crippen LogP contribution is -2.01. The van der Waals surface area contributed by atoms with Crippen molar-refractivity contribution in [1.82, 2.24) is 9.78 Å². The fourth-order valence-corrected chi connectivity index (χ4v) is 2.22. The van der Waals surface area contributed by atoms with Crippen LogP contribution in [-0.4, -0.2) is 34.1 Å². The van der Waals surface area contributed by atoms with Gasteiger partial charge < -0.3 is 14.6 Å². The van der Waals surface area contributed by atoms with E-state index in [4.69, 9.17) is 14.6 Å². The maximum absolute atomic E-state index is 14.6. The second-order valence-corrected chi connectivity index (χ2v) is 4.65. The molecule has 0 spiro atoms. The Kier molecular flexibility index (Phi) is 3.25. The largest absolute Gasteiger partial charge is 0.489 e. The van der Waals surface area contributed by atoms with Gasteiger partial charge in [-0.25, -0.2) is 9.18 Å². The molecule has 110 valence electrons. The summed E-state index contributed by atoms with van der Waals surface area (Å²) in [5.41, 5.74) is 0.446. The first kappa shape index (κ1) is 13.4. The fraction of sp³-hybridized carbons (Fsp3) is 0.286. The van der Waals surface area contributed by atoms with Crippen molar-refractivity contribution in [3.05, 3.63) is 29.7 Å². The van der Waals surface area contributed by atoms with Crippen molar-refractivity contribution in [3.63, 3.8) is 0 Å². The molecule has 1 aromatic heterocycles. The van der Waals surface area contributed by atoms with E-state index in [1.165, 1.54) is 16.8 Å². The first-order chi connectivity index (χ1) is 10.1. The maximum atomic E-state index is 14.6. The first-order valence-electron chi connectivity index (χ1n) is 6.43. The van der Waals surface area contributed by atoms with Gasteiger partial charge in [0.25, 0.3) is 0 Å². The van der Waals surface area contributed by atoms with Crippen LogP contribution >= 0.6 is 0 Å². The molecule has 0 saturated carbocycles. The van der Waals surface area contributed by atoms with Crippen LogP contribution in [0.25, 0.3) is 11.3 Å². The molecule has 21 heavy (non-hydrogen) atoms. The third-order valence-electron chi connectivity index (χ3n) is 3.23. The molecule has 1 aliphatic heterocycles. The molecule has 0 amide bonds. The Labute approximate surface area is 119 Å². The third-order valence-corrected chi connectivity index (χ3v) is 3.23. The number of aromatic nitrogens is 2. The summed E-state index contributed by atoms with van der Waals surface area (Å²) in [5, 5.41) is 12.8. The number of aromatic carboxylic acids is 1. The topological polar surface area (TPSA) is 73.6 Å². The zero-order valence-corrected chi connectivity index (χ0v) is 11.3. The summed E-state index contributed by atoms with van der Waals surface area (Å²) in [4.78, 5) is 10.9. The Bertz CT molecular complexity index is 711. The van der Waals surface area contributed by atoms with Crippen molar-refractivity contribution < 1.29 is 23.8 Å². The highest BCUT2D eigenvalue weighted by atomic mass is 19.1. The van der Waals surface area contributed by atoms with Crippen LogP contribution in [0.15, 0.2) is 18.2 Å². The Morgan fingerprint density at radius 1 is 1.38 bits per heavy atom. The van der Waals surface area contributed by atoms with E-state index in [-0.39, 0.29) is 17.0 Å². The molecule has 2 aromatic rings. The highest BCUT2D eigenvalue weighted by Crippen LogP contribution is 2.38. The Balaban J connectivity index is 2.11. The fourth-order valence-electron chi connectivity index (χ4n) is 2.22. The molecule has 3 rings (SSSR count). The number of aryl methyl sites for hydroxylation is 1. The summed E-state index contributed by atoms with van der Waals surface area (Å²) in [5.74, 6) is -1.32. The van der Waals surface area contributed by atoms with Crippen LogP contribution in [-0.2, 0) is 7.05 Å². The molecule has 6 nitrogen and oxygen atoms in total. The minimum Gasteiger partial charge on any atom is -0.489 e. The van der Waals surface area contributed by atoms with Crippen molar-refractivity contribution in [1.29, 1.82) is 0 Å². The summed E-state index contributed by atoms with van der Waals surface area (Å²) in [6.45, 7) is 0.847. The maximum Gasteiger partial charge on any atom is 0.356 e. The van der Waals surface area contributed by atoms with Gasteiger partial charge >= 0.3 is 5.97 Å². The zero-order chi connectivity index (χ0) is 15.0. The van der Waals surface area contributed by atoms with E-state index in [0.717, 1.165) is 0 Å². The number of carboxylic acids is 1. The van der Waals surface area contributed by atoms with Gasteiger partial charge in [0.2, 0.25) is 0 Å². The molecule has 1 aliphatic rings. The third kappa shape index (κ3) is 2.31. The van der Waals surface area contributed by atoms with Gasteiger partial charge in [0, 0.05) is 19.0 Å². The summed E-state index contributed by atoms with van der Waals surface area (Å²) < 4.78 is 26.7. The van der Waals surface area contributed by atoms with Crippen LogP contribution in [0.4, 0.5) is 4.39 Å². The van der Waals surface area contributed by atoms with Crippen molar-refractivity contribution in [2.45, 2.75) is 6.42 Å². The minimum absolute atomic E-state index is 0.0584. The molecule has 1 aromatic carbocycles. The summed E-state index contributed by atoms with van der Waals surface area (Å²) in [6.07, 6.45) is 0.679. The standard InChI is InChI=1S/C14H13FN2O4/c1-17-10(7-9(16-17)14(18)19)8-3-4-11-13(12(8)15)21-6-2-5-20-11/h3-4,7H,2,5-6H2,1H3,(H,18,19). The van der Waals surface area contributed by atoms with Crippen molar-refractivity contribution >= 4 is 5.97 Å². The van der Waals surface area contributed by atoms with E-state index in [1.54, 1.807) is 13.1 Å². The number of carbonyl (C=O) groups is 1. The number of benzene rings is 1. The van der Waals surface area contributed by atoms with Gasteiger partial charge in [-0.3, -0.25) is 4.68 Å². The van der Waals surface area contributed by atoms with E-state index >= 15 is 0 Å². The predicted octanol–water partition coefficient (Wildman–Crippen LogP) is 2.09. The van der Waals surface area contributed by atoms with Gasteiger partial charge in [-0.15, -0.1) is 0 Å². The normalized spacial score (nSPS) is 13.8. The molecule has 0 fully saturated rings. The van der Waals surface area contributed by atoms with Gasteiger partial charge in [0.05, 0.1) is 18.9 Å². The van der Waals surface area contributed by atoms with Crippen molar-refractivity contribution in [2.24, 2.45) is 7.05 Å². The lowest BCUT2D eigenvalue weighted by atomic mass is 10.1. The van der Waals surface area contributed by atoms with E-state index in [1.807, 2.05) is 0 Å². The van der Waals surface area contributed by atoms with Crippen molar-refractivity contribution in [3.8, 4) is 22.8 Å². The van der Waals surface area contributed by atoms with Gasteiger partial charge in [-0.1, -0.05) is 0 Å². The number of fused-ring (bicyclic) bond motifs is 1. The lowest BCUT2D eigenvalue weighted by molar-refractivity contribution is 0.0689. The van der Waals surface area contributed by atoms with Gasteiger partial charge in [-0.2, -0.15) is 5.10 Å². The molecule has 0 saturated heterocycles. The van der Waals surface area contributed by atoms with Gasteiger partial charge in [0.15, 0.2) is 23.0 Å². The molecule has 2 heterocycles. The minimum atomic E-state index is -1.16. The molecule has 0 radical (unpaired) electrons. The Hall–Kier alpha value is -2.57. The smallest absolute Gasteiger partial charge is 0.356 e. The van der Waals surface area contributed by atoms with Crippen LogP contribution in [0.2, 0.25) is 0 Å². The average Bonchev–Trinajstić information content (AvgIpc) is 2.69. The second kappa shape index (κ2) is 5.08. The van der Waals surface area contributed by atoms with E-state index in [2.05, 4.69) is 5.10 Å². The Morgan fingerprint density at radius 2 is 2.14 bits per heavy atom. The summed E-state index contributed by atoms with van der Waals surface area (Å²) >= 11 is 0. The number of nitrogens with zero attached hydrogens (tertiary/aromatic N) is 2. The lowest BCUT2D eigenvalue weighted by Gasteiger charge is -2.11. The molecular formula is C14H13FN2O4. The van der Waals surface area contributed by atoms with Gasteiger partial charge in [-0.05, 0) is 18.2 Å². The molecule has 0 bridgehead atoms. The van der Waals surface area contributed by atoms with Crippen molar-refractivity contribution in [2.75, 3.05) is 13.2 Å². The van der Waals surface area contributed by atoms with Gasteiger partial charge in [0.1, 0.15) is 0 Å². The molecule has 1 N–H and O–H groups in total. The van der Waals surface area contributed by atoms with E-state index < -0.39 is 11.8 Å².